The van der Waals surface area contributed by atoms with E-state index in [1.807, 2.05) is 0 Å². The number of hydrogen-bond acceptors (Lipinski definition) is 6. The first-order chi connectivity index (χ1) is 17.0. The number of unbranched alkanes of at least 4 members (excludes halogenated alkanes) is 10. The van der Waals surface area contributed by atoms with Crippen LogP contribution in [0.3, 0.4) is 0 Å². The standard InChI is InChI=1S/C29H36O6/c1-2-3-4-5-6-7-8-9-10-11-12-13-27(32)35-23-16-14-21(15-17-23)24-20-34-26-19-22(30)18-25(31)28(26)29(24)33/h14-20,30-31H,2-13H2,1H3. The largest absolute Gasteiger partial charge is 0.508 e. The van der Waals surface area contributed by atoms with Crippen molar-refractivity contribution < 1.29 is 24.2 Å². The van der Waals surface area contributed by atoms with Gasteiger partial charge >= 0.3 is 5.97 Å². The fourth-order valence-corrected chi connectivity index (χ4v) is 4.24. The molecule has 6 nitrogen and oxygen atoms in total. The predicted molar refractivity (Wildman–Crippen MR) is 138 cm³/mol. The van der Waals surface area contributed by atoms with Crippen LogP contribution in [0, 0.1) is 0 Å². The van der Waals surface area contributed by atoms with Gasteiger partial charge in [0.25, 0.3) is 0 Å². The average molecular weight is 481 g/mol. The average Bonchev–Trinajstić information content (AvgIpc) is 2.83. The minimum atomic E-state index is -0.412. The van der Waals surface area contributed by atoms with Crippen LogP contribution in [0.5, 0.6) is 17.2 Å². The van der Waals surface area contributed by atoms with Crippen LogP contribution < -0.4 is 10.2 Å². The van der Waals surface area contributed by atoms with Crippen molar-refractivity contribution in [1.82, 2.24) is 0 Å². The number of benzene rings is 2. The van der Waals surface area contributed by atoms with Gasteiger partial charge in [-0.25, -0.2) is 0 Å². The molecule has 2 aromatic carbocycles. The number of carbonyl (C=O) groups excluding carboxylic acids is 1. The Kier molecular flexibility index (Phi) is 10.2. The molecule has 0 aliphatic heterocycles. The van der Waals surface area contributed by atoms with Gasteiger partial charge < -0.3 is 19.4 Å². The lowest BCUT2D eigenvalue weighted by atomic mass is 10.0. The Morgan fingerprint density at radius 3 is 2.09 bits per heavy atom. The maximum absolute atomic E-state index is 12.8. The molecule has 0 saturated heterocycles. The highest BCUT2D eigenvalue weighted by Gasteiger charge is 2.14. The molecule has 1 heterocycles. The second kappa shape index (κ2) is 13.6. The molecule has 0 saturated carbocycles. The second-order valence-electron chi connectivity index (χ2n) is 9.10. The van der Waals surface area contributed by atoms with E-state index >= 15 is 0 Å². The number of esters is 1. The summed E-state index contributed by atoms with van der Waals surface area (Å²) in [5.41, 5.74) is 0.518. The number of fused-ring (bicyclic) bond motifs is 1. The first kappa shape index (κ1) is 26.3. The summed E-state index contributed by atoms with van der Waals surface area (Å²) < 4.78 is 10.9. The fraction of sp³-hybridized carbons (Fsp3) is 0.448. The van der Waals surface area contributed by atoms with Gasteiger partial charge in [-0.3, -0.25) is 9.59 Å². The Morgan fingerprint density at radius 2 is 1.46 bits per heavy atom. The molecule has 0 fully saturated rings. The Hall–Kier alpha value is -3.28. The van der Waals surface area contributed by atoms with Crippen LogP contribution in [0.15, 0.2) is 51.9 Å². The summed E-state index contributed by atoms with van der Waals surface area (Å²) in [7, 11) is 0. The molecule has 0 atom stereocenters. The number of hydrogen-bond donors (Lipinski definition) is 2. The summed E-state index contributed by atoms with van der Waals surface area (Å²) in [5, 5.41) is 19.6. The zero-order valence-corrected chi connectivity index (χ0v) is 20.6. The van der Waals surface area contributed by atoms with Crippen molar-refractivity contribution in [2.75, 3.05) is 0 Å². The first-order valence-electron chi connectivity index (χ1n) is 12.8. The lowest BCUT2D eigenvalue weighted by molar-refractivity contribution is -0.134. The van der Waals surface area contributed by atoms with Crippen LogP contribution in [-0.2, 0) is 4.79 Å². The Labute approximate surface area is 206 Å². The molecule has 0 aliphatic rings. The topological polar surface area (TPSA) is 97.0 Å². The van der Waals surface area contributed by atoms with Gasteiger partial charge in [0.05, 0.1) is 5.56 Å². The van der Waals surface area contributed by atoms with Crippen LogP contribution in [0.4, 0.5) is 0 Å². The van der Waals surface area contributed by atoms with Gasteiger partial charge in [-0.15, -0.1) is 0 Å². The van der Waals surface area contributed by atoms with Gasteiger partial charge in [-0.2, -0.15) is 0 Å². The monoisotopic (exact) mass is 480 g/mol. The highest BCUT2D eigenvalue weighted by molar-refractivity contribution is 5.88. The molecule has 0 aliphatic carbocycles. The molecule has 6 heteroatoms. The molecule has 3 rings (SSSR count). The first-order valence-corrected chi connectivity index (χ1v) is 12.8. The molecular weight excluding hydrogens is 444 g/mol. The molecular formula is C29H36O6. The lowest BCUT2D eigenvalue weighted by Gasteiger charge is -2.07. The zero-order valence-electron chi connectivity index (χ0n) is 20.6. The second-order valence-corrected chi connectivity index (χ2v) is 9.10. The summed E-state index contributed by atoms with van der Waals surface area (Å²) in [4.78, 5) is 25.0. The number of phenolic OH excluding ortho intramolecular Hbond substituents is 2. The van der Waals surface area contributed by atoms with Crippen molar-refractivity contribution in [3.8, 4) is 28.4 Å². The van der Waals surface area contributed by atoms with E-state index in [0.29, 0.717) is 17.7 Å². The van der Waals surface area contributed by atoms with Crippen molar-refractivity contribution in [3.05, 3.63) is 52.9 Å². The smallest absolute Gasteiger partial charge is 0.311 e. The van der Waals surface area contributed by atoms with Gasteiger partial charge in [-0.1, -0.05) is 83.3 Å². The van der Waals surface area contributed by atoms with E-state index in [-0.39, 0.29) is 34.0 Å². The maximum Gasteiger partial charge on any atom is 0.311 e. The van der Waals surface area contributed by atoms with Crippen LogP contribution in [-0.4, -0.2) is 16.2 Å². The van der Waals surface area contributed by atoms with E-state index in [9.17, 15) is 19.8 Å². The quantitative estimate of drug-likeness (QED) is 0.141. The van der Waals surface area contributed by atoms with Crippen molar-refractivity contribution in [2.24, 2.45) is 0 Å². The molecule has 0 amide bonds. The highest BCUT2D eigenvalue weighted by Crippen LogP contribution is 2.30. The van der Waals surface area contributed by atoms with E-state index in [0.717, 1.165) is 25.3 Å². The molecule has 2 N–H and O–H groups in total. The molecule has 0 unspecified atom stereocenters. The predicted octanol–water partition coefficient (Wildman–Crippen LogP) is 7.48. The molecule has 1 aromatic heterocycles. The van der Waals surface area contributed by atoms with Gasteiger partial charge in [0.2, 0.25) is 5.43 Å². The summed E-state index contributed by atoms with van der Waals surface area (Å²) in [6.07, 6.45) is 15.2. The van der Waals surface area contributed by atoms with Crippen molar-refractivity contribution in [2.45, 2.75) is 84.0 Å². The molecule has 0 bridgehead atoms. The Bertz CT molecular complexity index is 1150. The van der Waals surface area contributed by atoms with Crippen LogP contribution >= 0.6 is 0 Å². The molecule has 3 aromatic rings. The summed E-state index contributed by atoms with van der Waals surface area (Å²) >= 11 is 0. The van der Waals surface area contributed by atoms with Crippen LogP contribution in [0.2, 0.25) is 0 Å². The SMILES string of the molecule is CCCCCCCCCCCCCC(=O)Oc1ccc(-c2coc3cc(O)cc(O)c3c2=O)cc1. The van der Waals surface area contributed by atoms with E-state index < -0.39 is 5.43 Å². The summed E-state index contributed by atoms with van der Waals surface area (Å²) in [6.45, 7) is 2.24. The third-order valence-electron chi connectivity index (χ3n) is 6.22. The number of rotatable bonds is 14. The summed E-state index contributed by atoms with van der Waals surface area (Å²) in [6, 6.07) is 8.97. The number of aromatic hydroxyl groups is 2. The molecule has 0 radical (unpaired) electrons. The van der Waals surface area contributed by atoms with Crippen molar-refractivity contribution >= 4 is 16.9 Å². The lowest BCUT2D eigenvalue weighted by Crippen LogP contribution is -2.08. The minimum absolute atomic E-state index is 0.00257. The van der Waals surface area contributed by atoms with E-state index in [1.54, 1.807) is 24.3 Å². The fourth-order valence-electron chi connectivity index (χ4n) is 4.24. The number of phenols is 2. The van der Waals surface area contributed by atoms with E-state index in [1.165, 1.54) is 63.7 Å². The van der Waals surface area contributed by atoms with Gasteiger partial charge in [0.15, 0.2) is 0 Å². The van der Waals surface area contributed by atoms with Crippen molar-refractivity contribution in [1.29, 1.82) is 0 Å². The van der Waals surface area contributed by atoms with Crippen LogP contribution in [0.25, 0.3) is 22.1 Å². The third-order valence-corrected chi connectivity index (χ3v) is 6.22. The maximum atomic E-state index is 12.8. The van der Waals surface area contributed by atoms with Gasteiger partial charge in [0.1, 0.15) is 34.5 Å². The van der Waals surface area contributed by atoms with Crippen LogP contribution in [0.1, 0.15) is 84.0 Å². The number of ether oxygens (including phenoxy) is 1. The Balaban J connectivity index is 1.42. The normalized spacial score (nSPS) is 11.1. The van der Waals surface area contributed by atoms with Gasteiger partial charge in [0, 0.05) is 18.6 Å². The van der Waals surface area contributed by atoms with Gasteiger partial charge in [-0.05, 0) is 24.1 Å². The van der Waals surface area contributed by atoms with Crippen molar-refractivity contribution in [3.63, 3.8) is 0 Å². The number of carbonyl (C=O) groups is 1. The minimum Gasteiger partial charge on any atom is -0.508 e. The Morgan fingerprint density at radius 1 is 0.857 bits per heavy atom. The molecule has 35 heavy (non-hydrogen) atoms. The highest BCUT2D eigenvalue weighted by atomic mass is 16.5. The molecule has 0 spiro atoms. The summed E-state index contributed by atoms with van der Waals surface area (Å²) in [5.74, 6) is -0.378. The zero-order chi connectivity index (χ0) is 25.0. The third kappa shape index (κ3) is 7.88. The van der Waals surface area contributed by atoms with E-state index in [2.05, 4.69) is 6.92 Å². The van der Waals surface area contributed by atoms with E-state index in [4.69, 9.17) is 9.15 Å². The molecule has 188 valence electrons.